The van der Waals surface area contributed by atoms with E-state index in [2.05, 4.69) is 29.1 Å². The van der Waals surface area contributed by atoms with E-state index in [1.165, 1.54) is 0 Å². The van der Waals surface area contributed by atoms with E-state index in [0.29, 0.717) is 6.04 Å². The second kappa shape index (κ2) is 3.57. The normalized spacial score (nSPS) is 10.8. The molecule has 0 amide bonds. The van der Waals surface area contributed by atoms with Crippen LogP contribution in [0.5, 0.6) is 0 Å². The molecule has 0 spiro atoms. The van der Waals surface area contributed by atoms with Crippen LogP contribution in [0.3, 0.4) is 0 Å². The molecule has 72 valence electrons. The van der Waals surface area contributed by atoms with Gasteiger partial charge in [-0.3, -0.25) is 4.98 Å². The van der Waals surface area contributed by atoms with Gasteiger partial charge in [0.1, 0.15) is 5.69 Å². The topological polar surface area (TPSA) is 43.6 Å². The van der Waals surface area contributed by atoms with Crippen LogP contribution in [0.4, 0.5) is 0 Å². The Hall–Kier alpha value is -1.71. The van der Waals surface area contributed by atoms with Crippen LogP contribution in [0, 0.1) is 0 Å². The Kier molecular flexibility index (Phi) is 2.26. The summed E-state index contributed by atoms with van der Waals surface area (Å²) in [6.45, 7) is 4.13. The third-order valence-corrected chi connectivity index (χ3v) is 1.97. The zero-order valence-electron chi connectivity index (χ0n) is 8.25. The van der Waals surface area contributed by atoms with Crippen molar-refractivity contribution in [1.82, 2.24) is 20.0 Å². The molecular formula is C10H12N4. The standard InChI is InChI=1S/C10H12N4/c1-8(2)14-7-10(12-13-14)9-5-3-4-6-11-9/h3-8H,1-2H3. The van der Waals surface area contributed by atoms with Gasteiger partial charge in [-0.1, -0.05) is 11.3 Å². The van der Waals surface area contributed by atoms with E-state index < -0.39 is 0 Å². The van der Waals surface area contributed by atoms with E-state index in [4.69, 9.17) is 0 Å². The lowest BCUT2D eigenvalue weighted by Crippen LogP contribution is -2.00. The highest BCUT2D eigenvalue weighted by molar-refractivity contribution is 5.51. The van der Waals surface area contributed by atoms with Crippen LogP contribution < -0.4 is 0 Å². The number of pyridine rings is 1. The Morgan fingerprint density at radius 1 is 1.21 bits per heavy atom. The van der Waals surface area contributed by atoms with Crippen LogP contribution in [-0.4, -0.2) is 20.0 Å². The van der Waals surface area contributed by atoms with E-state index in [-0.39, 0.29) is 0 Å². The maximum absolute atomic E-state index is 4.21. The molecule has 0 N–H and O–H groups in total. The number of hydrogen-bond acceptors (Lipinski definition) is 3. The Labute approximate surface area is 82.6 Å². The predicted molar refractivity (Wildman–Crippen MR) is 53.6 cm³/mol. The number of rotatable bonds is 2. The zero-order chi connectivity index (χ0) is 9.97. The summed E-state index contributed by atoms with van der Waals surface area (Å²) in [5.41, 5.74) is 1.68. The molecular weight excluding hydrogens is 176 g/mol. The van der Waals surface area contributed by atoms with Gasteiger partial charge in [0.2, 0.25) is 0 Å². The van der Waals surface area contributed by atoms with Crippen molar-refractivity contribution >= 4 is 0 Å². The first-order valence-corrected chi connectivity index (χ1v) is 4.60. The van der Waals surface area contributed by atoms with Crippen molar-refractivity contribution in [3.63, 3.8) is 0 Å². The monoisotopic (exact) mass is 188 g/mol. The Morgan fingerprint density at radius 3 is 2.64 bits per heavy atom. The average Bonchev–Trinajstić information content (AvgIpc) is 2.68. The van der Waals surface area contributed by atoms with Crippen molar-refractivity contribution in [2.75, 3.05) is 0 Å². The summed E-state index contributed by atoms with van der Waals surface area (Å²) < 4.78 is 1.82. The molecule has 0 aliphatic rings. The Morgan fingerprint density at radius 2 is 2.07 bits per heavy atom. The lowest BCUT2D eigenvalue weighted by molar-refractivity contribution is 0.514. The van der Waals surface area contributed by atoms with Crippen molar-refractivity contribution in [3.8, 4) is 11.4 Å². The number of hydrogen-bond donors (Lipinski definition) is 0. The third-order valence-electron chi connectivity index (χ3n) is 1.97. The van der Waals surface area contributed by atoms with Gasteiger partial charge in [0.15, 0.2) is 0 Å². The first kappa shape index (κ1) is 8.87. The molecule has 0 aromatic carbocycles. The number of nitrogens with zero attached hydrogens (tertiary/aromatic N) is 4. The van der Waals surface area contributed by atoms with Gasteiger partial charge >= 0.3 is 0 Å². The molecule has 0 unspecified atom stereocenters. The Bertz CT molecular complexity index is 405. The van der Waals surface area contributed by atoms with Crippen molar-refractivity contribution in [1.29, 1.82) is 0 Å². The summed E-state index contributed by atoms with van der Waals surface area (Å²) in [6, 6.07) is 6.09. The minimum absolute atomic E-state index is 0.333. The molecule has 0 aliphatic heterocycles. The van der Waals surface area contributed by atoms with Gasteiger partial charge in [0.25, 0.3) is 0 Å². The molecule has 4 heteroatoms. The largest absolute Gasteiger partial charge is 0.254 e. The minimum atomic E-state index is 0.333. The van der Waals surface area contributed by atoms with Gasteiger partial charge in [-0.05, 0) is 26.0 Å². The lowest BCUT2D eigenvalue weighted by Gasteiger charge is -2.00. The maximum atomic E-state index is 4.21. The summed E-state index contributed by atoms with van der Waals surface area (Å²) in [5.74, 6) is 0. The highest BCUT2D eigenvalue weighted by atomic mass is 15.4. The summed E-state index contributed by atoms with van der Waals surface area (Å²) in [7, 11) is 0. The summed E-state index contributed by atoms with van der Waals surface area (Å²) in [4.78, 5) is 4.21. The fourth-order valence-corrected chi connectivity index (χ4v) is 1.16. The Balaban J connectivity index is 2.34. The van der Waals surface area contributed by atoms with Crippen molar-refractivity contribution in [3.05, 3.63) is 30.6 Å². The van der Waals surface area contributed by atoms with E-state index in [1.807, 2.05) is 29.1 Å². The highest BCUT2D eigenvalue weighted by Crippen LogP contribution is 2.13. The molecule has 0 fully saturated rings. The second-order valence-corrected chi connectivity index (χ2v) is 3.39. The van der Waals surface area contributed by atoms with Gasteiger partial charge < -0.3 is 0 Å². The maximum Gasteiger partial charge on any atom is 0.131 e. The molecule has 4 nitrogen and oxygen atoms in total. The van der Waals surface area contributed by atoms with E-state index >= 15 is 0 Å². The smallest absolute Gasteiger partial charge is 0.131 e. The summed E-state index contributed by atoms with van der Waals surface area (Å²) in [5, 5.41) is 8.08. The highest BCUT2D eigenvalue weighted by Gasteiger charge is 2.05. The van der Waals surface area contributed by atoms with Crippen LogP contribution in [0.15, 0.2) is 30.6 Å². The molecule has 0 bridgehead atoms. The molecule has 0 atom stereocenters. The van der Waals surface area contributed by atoms with Crippen LogP contribution >= 0.6 is 0 Å². The first-order chi connectivity index (χ1) is 6.77. The fourth-order valence-electron chi connectivity index (χ4n) is 1.16. The second-order valence-electron chi connectivity index (χ2n) is 3.39. The zero-order valence-corrected chi connectivity index (χ0v) is 8.25. The summed E-state index contributed by atoms with van der Waals surface area (Å²) >= 11 is 0. The molecule has 0 saturated heterocycles. The van der Waals surface area contributed by atoms with Gasteiger partial charge in [-0.15, -0.1) is 5.10 Å². The molecule has 14 heavy (non-hydrogen) atoms. The van der Waals surface area contributed by atoms with Crippen LogP contribution in [0.25, 0.3) is 11.4 Å². The van der Waals surface area contributed by atoms with Crippen LogP contribution in [-0.2, 0) is 0 Å². The molecule has 0 saturated carbocycles. The molecule has 2 heterocycles. The lowest BCUT2D eigenvalue weighted by atomic mass is 10.3. The van der Waals surface area contributed by atoms with Crippen molar-refractivity contribution in [2.24, 2.45) is 0 Å². The van der Waals surface area contributed by atoms with E-state index in [9.17, 15) is 0 Å². The molecule has 2 aromatic heterocycles. The number of aromatic nitrogens is 4. The van der Waals surface area contributed by atoms with Gasteiger partial charge in [0, 0.05) is 12.2 Å². The van der Waals surface area contributed by atoms with Crippen LogP contribution in [0.2, 0.25) is 0 Å². The fraction of sp³-hybridized carbons (Fsp3) is 0.300. The molecule has 0 radical (unpaired) electrons. The SMILES string of the molecule is CC(C)n1cc(-c2ccccn2)nn1. The first-order valence-electron chi connectivity index (χ1n) is 4.60. The molecule has 2 rings (SSSR count). The van der Waals surface area contributed by atoms with Crippen molar-refractivity contribution in [2.45, 2.75) is 19.9 Å². The molecule has 0 aliphatic carbocycles. The van der Waals surface area contributed by atoms with Gasteiger partial charge in [-0.2, -0.15) is 0 Å². The molecule has 2 aromatic rings. The quantitative estimate of drug-likeness (QED) is 0.723. The predicted octanol–water partition coefficient (Wildman–Crippen LogP) is 1.92. The third kappa shape index (κ3) is 1.64. The summed E-state index contributed by atoms with van der Waals surface area (Å²) in [6.07, 6.45) is 3.66. The average molecular weight is 188 g/mol. The van der Waals surface area contributed by atoms with E-state index in [1.54, 1.807) is 6.20 Å². The van der Waals surface area contributed by atoms with Gasteiger partial charge in [0.05, 0.1) is 11.9 Å². The van der Waals surface area contributed by atoms with Gasteiger partial charge in [-0.25, -0.2) is 4.68 Å². The van der Waals surface area contributed by atoms with E-state index in [0.717, 1.165) is 11.4 Å². The van der Waals surface area contributed by atoms with Crippen LogP contribution in [0.1, 0.15) is 19.9 Å². The van der Waals surface area contributed by atoms with Crippen molar-refractivity contribution < 1.29 is 0 Å². The minimum Gasteiger partial charge on any atom is -0.254 e.